The fourth-order valence-electron chi connectivity index (χ4n) is 5.41. The Balaban J connectivity index is 0.000000163. The van der Waals surface area contributed by atoms with Crippen molar-refractivity contribution in [1.82, 2.24) is 0 Å². The minimum atomic E-state index is -0.757. The van der Waals surface area contributed by atoms with Crippen LogP contribution >= 0.6 is 12.6 Å². The molecule has 2 atom stereocenters. The molecule has 6 heteroatoms. The minimum absolute atomic E-state index is 0.492. The lowest BCUT2D eigenvalue weighted by atomic mass is 9.74. The van der Waals surface area contributed by atoms with Crippen LogP contribution < -0.4 is 11.3 Å². The molecule has 1 aromatic heterocycles. The highest BCUT2D eigenvalue weighted by atomic mass is 32.1. The Labute approximate surface area is 191 Å². The van der Waals surface area contributed by atoms with Gasteiger partial charge in [0, 0.05) is 12.0 Å². The molecule has 0 fully saturated rings. The number of nitrogen functional groups attached to an aromatic ring is 1. The van der Waals surface area contributed by atoms with Crippen LogP contribution in [0, 0.1) is 11.8 Å². The highest BCUT2D eigenvalue weighted by molar-refractivity contribution is 7.80. The smallest absolute Gasteiger partial charge is 0.157 e. The van der Waals surface area contributed by atoms with Crippen molar-refractivity contribution < 1.29 is 14.3 Å². The average Bonchev–Trinajstić information content (AvgIpc) is 3.46. The summed E-state index contributed by atoms with van der Waals surface area (Å²) in [5, 5.41) is 11.0. The highest BCUT2D eigenvalue weighted by Gasteiger charge is 2.38. The van der Waals surface area contributed by atoms with E-state index >= 15 is 0 Å². The van der Waals surface area contributed by atoms with E-state index in [0.717, 1.165) is 24.2 Å². The van der Waals surface area contributed by atoms with E-state index < -0.39 is 5.60 Å². The minimum Gasteiger partial charge on any atom is -0.455 e. The summed E-state index contributed by atoms with van der Waals surface area (Å²) in [5.74, 6) is 7.62. The molecule has 0 bridgehead atoms. The molecule has 5 nitrogen and oxygen atoms in total. The second-order valence-electron chi connectivity index (χ2n) is 9.49. The molecule has 4 N–H and O–H groups in total. The summed E-state index contributed by atoms with van der Waals surface area (Å²) in [7, 11) is 0. The molecule has 0 saturated heterocycles. The lowest BCUT2D eigenvalue weighted by Gasteiger charge is -2.35. The zero-order valence-electron chi connectivity index (χ0n) is 19.0. The number of aryl methyl sites for hydroxylation is 2. The largest absolute Gasteiger partial charge is 0.455 e. The summed E-state index contributed by atoms with van der Waals surface area (Å²) in [4.78, 5) is 8.00. The molecular weight excluding hydrogens is 408 g/mol. The van der Waals surface area contributed by atoms with Gasteiger partial charge in [0.1, 0.15) is 12.5 Å². The lowest BCUT2D eigenvalue weighted by Crippen LogP contribution is -2.33. The number of hydrogen-bond acceptors (Lipinski definition) is 6. The van der Waals surface area contributed by atoms with Gasteiger partial charge in [-0.2, -0.15) is 0 Å². The summed E-state index contributed by atoms with van der Waals surface area (Å²) in [6.45, 7) is 8.25. The topological polar surface area (TPSA) is 88.5 Å². The molecule has 31 heavy (non-hydrogen) atoms. The average molecular weight is 445 g/mol. The fraction of sp³-hybridized carbons (Fsp3) is 0.560. The molecule has 0 aliphatic heterocycles. The summed E-state index contributed by atoms with van der Waals surface area (Å²) in [5.41, 5.74) is 10.4. The van der Waals surface area contributed by atoms with Gasteiger partial charge in [-0.1, -0.05) is 19.9 Å². The first kappa shape index (κ1) is 23.9. The molecule has 1 aromatic carbocycles. The maximum Gasteiger partial charge on any atom is 0.157 e. The first-order chi connectivity index (χ1) is 14.8. The number of benzene rings is 1. The third-order valence-electron chi connectivity index (χ3n) is 7.04. The number of carbonyl (C=O) groups is 1. The van der Waals surface area contributed by atoms with Crippen molar-refractivity contribution in [3.05, 3.63) is 45.7 Å². The molecule has 0 saturated carbocycles. The van der Waals surface area contributed by atoms with E-state index in [-0.39, 0.29) is 0 Å². The zero-order chi connectivity index (χ0) is 22.8. The number of thiol groups is 1. The van der Waals surface area contributed by atoms with Crippen LogP contribution in [-0.4, -0.2) is 11.9 Å². The van der Waals surface area contributed by atoms with E-state index in [1.165, 1.54) is 55.3 Å². The normalized spacial score (nSPS) is 23.1. The maximum absolute atomic E-state index is 10.4. The number of rotatable bonds is 2. The molecule has 0 amide bonds. The van der Waals surface area contributed by atoms with Gasteiger partial charge in [-0.25, -0.2) is 0 Å². The predicted octanol–water partition coefficient (Wildman–Crippen LogP) is 4.76. The molecule has 0 spiro atoms. The van der Waals surface area contributed by atoms with Crippen LogP contribution in [0.1, 0.15) is 73.6 Å². The van der Waals surface area contributed by atoms with Gasteiger partial charge < -0.3 is 19.7 Å². The Morgan fingerprint density at radius 3 is 2.26 bits per heavy atom. The molecule has 3 aliphatic rings. The van der Waals surface area contributed by atoms with Gasteiger partial charge in [0.2, 0.25) is 0 Å². The maximum atomic E-state index is 10.4. The second-order valence-corrected chi connectivity index (χ2v) is 9.93. The summed E-state index contributed by atoms with van der Waals surface area (Å²) < 4.78 is 5.53. The number of anilines is 1. The van der Waals surface area contributed by atoms with Crippen molar-refractivity contribution >= 4 is 25.1 Å². The van der Waals surface area contributed by atoms with Crippen molar-refractivity contribution in [2.45, 2.75) is 82.8 Å². The SMILES string of the molecule is C=O.CC(C)C1Cc2oc(S)cc2C(C)(O)C1.NNc1c2c(cc3c1CCC3)CCC2. The van der Waals surface area contributed by atoms with Crippen LogP contribution in [0.15, 0.2) is 21.6 Å². The third kappa shape index (κ3) is 4.86. The van der Waals surface area contributed by atoms with E-state index in [9.17, 15) is 5.11 Å². The Morgan fingerprint density at radius 1 is 1.16 bits per heavy atom. The first-order valence-corrected chi connectivity index (χ1v) is 11.7. The number of carbonyl (C=O) groups excluding carboxylic acids is 1. The molecule has 1 heterocycles. The number of nitrogens with one attached hydrogen (secondary N) is 1. The number of furan rings is 1. The number of fused-ring (bicyclic) bond motifs is 3. The first-order valence-electron chi connectivity index (χ1n) is 11.3. The Hall–Kier alpha value is -1.76. The Bertz CT molecular complexity index is 888. The van der Waals surface area contributed by atoms with Crippen LogP contribution in [0.4, 0.5) is 5.69 Å². The molecule has 2 aromatic rings. The van der Waals surface area contributed by atoms with E-state index in [1.807, 2.05) is 19.8 Å². The fourth-order valence-corrected chi connectivity index (χ4v) is 5.65. The quantitative estimate of drug-likeness (QED) is 0.305. The number of nitrogens with two attached hydrogens (primary N) is 1. The Morgan fingerprint density at radius 2 is 1.74 bits per heavy atom. The van der Waals surface area contributed by atoms with Gasteiger partial charge in [0.05, 0.1) is 11.3 Å². The molecular formula is C25H36N2O3S. The van der Waals surface area contributed by atoms with E-state index in [0.29, 0.717) is 16.9 Å². The monoisotopic (exact) mass is 444 g/mol. The summed E-state index contributed by atoms with van der Waals surface area (Å²) in [6.07, 6.45) is 9.24. The molecule has 170 valence electrons. The van der Waals surface area contributed by atoms with Crippen LogP contribution in [0.2, 0.25) is 0 Å². The van der Waals surface area contributed by atoms with Crippen molar-refractivity contribution in [1.29, 1.82) is 0 Å². The van der Waals surface area contributed by atoms with Gasteiger partial charge in [-0.3, -0.25) is 5.84 Å². The molecule has 2 unspecified atom stereocenters. The van der Waals surface area contributed by atoms with E-state index in [1.54, 1.807) is 11.1 Å². The second kappa shape index (κ2) is 9.80. The van der Waals surface area contributed by atoms with Gasteiger partial charge in [0.25, 0.3) is 0 Å². The van der Waals surface area contributed by atoms with Gasteiger partial charge >= 0.3 is 0 Å². The van der Waals surface area contributed by atoms with Crippen molar-refractivity contribution in [2.24, 2.45) is 17.7 Å². The third-order valence-corrected chi connectivity index (χ3v) is 7.26. The summed E-state index contributed by atoms with van der Waals surface area (Å²) in [6, 6.07) is 4.26. The molecule has 3 aliphatic carbocycles. The van der Waals surface area contributed by atoms with Crippen LogP contribution in [0.3, 0.4) is 0 Å². The standard InChI is InChI=1S/C12H16N2.C12H18O2S.CH2O/c13-14-12-10-5-1-3-8(10)7-9-4-2-6-11(9)12;1-7(2)8-4-10-9(5-11(15)14-10)12(3,13)6-8;1-2/h7,14H,1-6,13H2;5,7-8,13,15H,4,6H2,1-3H3;1H2. The van der Waals surface area contributed by atoms with E-state index in [2.05, 4.69) is 38.0 Å². The van der Waals surface area contributed by atoms with E-state index in [4.69, 9.17) is 15.1 Å². The molecule has 0 radical (unpaired) electrons. The van der Waals surface area contributed by atoms with Gasteiger partial charge in [0.15, 0.2) is 5.09 Å². The van der Waals surface area contributed by atoms with Crippen LogP contribution in [0.25, 0.3) is 0 Å². The van der Waals surface area contributed by atoms with Gasteiger partial charge in [-0.15, -0.1) is 12.6 Å². The number of hydrazine groups is 1. The van der Waals surface area contributed by atoms with Crippen LogP contribution in [-0.2, 0) is 42.5 Å². The number of aliphatic hydroxyl groups is 1. The summed E-state index contributed by atoms with van der Waals surface area (Å²) >= 11 is 4.19. The van der Waals surface area contributed by atoms with Crippen LogP contribution in [0.5, 0.6) is 0 Å². The van der Waals surface area contributed by atoms with Crippen molar-refractivity contribution in [3.63, 3.8) is 0 Å². The van der Waals surface area contributed by atoms with Crippen molar-refractivity contribution in [2.75, 3.05) is 5.43 Å². The zero-order valence-corrected chi connectivity index (χ0v) is 19.9. The van der Waals surface area contributed by atoms with Crippen molar-refractivity contribution in [3.8, 4) is 0 Å². The predicted molar refractivity (Wildman–Crippen MR) is 128 cm³/mol. The number of hydrogen-bond donors (Lipinski definition) is 4. The van der Waals surface area contributed by atoms with Gasteiger partial charge in [-0.05, 0) is 92.0 Å². The molecule has 5 rings (SSSR count). The Kier molecular flexibility index (Phi) is 7.55. The highest BCUT2D eigenvalue weighted by Crippen LogP contribution is 2.42. The lowest BCUT2D eigenvalue weighted by molar-refractivity contribution is -0.0980.